The van der Waals surface area contributed by atoms with Gasteiger partial charge in [-0.2, -0.15) is 0 Å². The molecular weight excluding hydrogens is 546 g/mol. The Bertz CT molecular complexity index is 1430. The molecule has 0 aliphatic carbocycles. The van der Waals surface area contributed by atoms with Gasteiger partial charge in [0.2, 0.25) is 11.8 Å². The van der Waals surface area contributed by atoms with Gasteiger partial charge < -0.3 is 10.2 Å². The van der Waals surface area contributed by atoms with Crippen molar-refractivity contribution in [2.45, 2.75) is 71.0 Å². The van der Waals surface area contributed by atoms with Crippen LogP contribution in [-0.2, 0) is 26.2 Å². The van der Waals surface area contributed by atoms with Crippen molar-refractivity contribution >= 4 is 39.1 Å². The Balaban J connectivity index is 2.06. The molecule has 214 valence electrons. The van der Waals surface area contributed by atoms with Gasteiger partial charge in [0.05, 0.1) is 10.6 Å². The summed E-state index contributed by atoms with van der Waals surface area (Å²) in [5, 5.41) is 3.32. The van der Waals surface area contributed by atoms with Crippen LogP contribution in [0, 0.1) is 13.8 Å². The maximum Gasteiger partial charge on any atom is 0.264 e. The molecule has 3 aromatic rings. The van der Waals surface area contributed by atoms with Crippen LogP contribution in [0.1, 0.15) is 50.3 Å². The SMILES string of the molecule is CC[C@@H](C)NC(=O)[C@@H](CC)N(Cc1cccc(C)c1)C(=O)CN(c1cccc(Cl)c1)S(=O)(=O)c1ccc(C)cc1. The lowest BCUT2D eigenvalue weighted by molar-refractivity contribution is -0.140. The van der Waals surface area contributed by atoms with E-state index in [-0.39, 0.29) is 29.1 Å². The Morgan fingerprint density at radius 3 is 2.17 bits per heavy atom. The van der Waals surface area contributed by atoms with Gasteiger partial charge in [-0.25, -0.2) is 8.42 Å². The number of hydrogen-bond donors (Lipinski definition) is 1. The van der Waals surface area contributed by atoms with Crippen LogP contribution in [0.15, 0.2) is 77.7 Å². The van der Waals surface area contributed by atoms with Crippen LogP contribution in [-0.4, -0.2) is 43.8 Å². The van der Waals surface area contributed by atoms with E-state index in [2.05, 4.69) is 5.32 Å². The Morgan fingerprint density at radius 2 is 1.57 bits per heavy atom. The molecule has 0 aliphatic heterocycles. The van der Waals surface area contributed by atoms with E-state index >= 15 is 0 Å². The van der Waals surface area contributed by atoms with E-state index in [0.717, 1.165) is 27.4 Å². The summed E-state index contributed by atoms with van der Waals surface area (Å²) in [6.45, 7) is 9.20. The first-order valence-electron chi connectivity index (χ1n) is 13.5. The molecule has 0 radical (unpaired) electrons. The van der Waals surface area contributed by atoms with E-state index in [1.165, 1.54) is 23.1 Å². The smallest absolute Gasteiger partial charge is 0.264 e. The highest BCUT2D eigenvalue weighted by Crippen LogP contribution is 2.27. The lowest BCUT2D eigenvalue weighted by Gasteiger charge is -2.33. The molecule has 7 nitrogen and oxygen atoms in total. The largest absolute Gasteiger partial charge is 0.352 e. The highest BCUT2D eigenvalue weighted by Gasteiger charge is 2.34. The third-order valence-electron chi connectivity index (χ3n) is 6.81. The standard InChI is InChI=1S/C31H38ClN3O4S/c1-6-24(5)33-31(37)29(7-2)34(20-25-11-8-10-23(4)18-25)30(36)21-35(27-13-9-12-26(32)19-27)40(38,39)28-16-14-22(3)15-17-28/h8-19,24,29H,6-7,20-21H2,1-5H3,(H,33,37)/t24-,29-/m1/s1. The molecule has 0 spiro atoms. The molecule has 2 amide bonds. The molecule has 2 atom stereocenters. The topological polar surface area (TPSA) is 86.8 Å². The Hall–Kier alpha value is -3.36. The molecule has 0 aliphatic rings. The number of aryl methyl sites for hydroxylation is 2. The number of nitrogens with zero attached hydrogens (tertiary/aromatic N) is 2. The molecule has 9 heteroatoms. The van der Waals surface area contributed by atoms with Gasteiger partial charge in [-0.3, -0.25) is 13.9 Å². The van der Waals surface area contributed by atoms with E-state index in [1.807, 2.05) is 58.9 Å². The highest BCUT2D eigenvalue weighted by atomic mass is 35.5. The van der Waals surface area contributed by atoms with E-state index < -0.39 is 28.5 Å². The first-order chi connectivity index (χ1) is 19.0. The number of carbonyl (C=O) groups is 2. The number of amides is 2. The summed E-state index contributed by atoms with van der Waals surface area (Å²) in [5.41, 5.74) is 3.03. The lowest BCUT2D eigenvalue weighted by atomic mass is 10.1. The summed E-state index contributed by atoms with van der Waals surface area (Å²) in [7, 11) is -4.14. The number of rotatable bonds is 12. The van der Waals surface area contributed by atoms with Crippen molar-refractivity contribution in [1.29, 1.82) is 0 Å². The van der Waals surface area contributed by atoms with Gasteiger partial charge in [-0.15, -0.1) is 0 Å². The summed E-state index contributed by atoms with van der Waals surface area (Å²) in [6, 6.07) is 19.7. The quantitative estimate of drug-likeness (QED) is 0.289. The Morgan fingerprint density at radius 1 is 0.900 bits per heavy atom. The number of sulfonamides is 1. The number of anilines is 1. The number of nitrogens with one attached hydrogen (secondary N) is 1. The van der Waals surface area contributed by atoms with Crippen molar-refractivity contribution in [3.63, 3.8) is 0 Å². The second kappa shape index (κ2) is 13.8. The predicted molar refractivity (Wildman–Crippen MR) is 161 cm³/mol. The van der Waals surface area contributed by atoms with Gasteiger partial charge in [0, 0.05) is 17.6 Å². The van der Waals surface area contributed by atoms with Crippen LogP contribution >= 0.6 is 11.6 Å². The van der Waals surface area contributed by atoms with Gasteiger partial charge in [0.1, 0.15) is 12.6 Å². The monoisotopic (exact) mass is 583 g/mol. The number of halogens is 1. The first kappa shape index (κ1) is 31.2. The van der Waals surface area contributed by atoms with Crippen molar-refractivity contribution in [3.05, 3.63) is 94.5 Å². The van der Waals surface area contributed by atoms with Crippen molar-refractivity contribution in [2.75, 3.05) is 10.8 Å². The zero-order valence-corrected chi connectivity index (χ0v) is 25.3. The molecule has 3 rings (SSSR count). The van der Waals surface area contributed by atoms with Crippen LogP contribution in [0.2, 0.25) is 5.02 Å². The molecule has 0 saturated carbocycles. The van der Waals surface area contributed by atoms with Crippen molar-refractivity contribution in [1.82, 2.24) is 10.2 Å². The average Bonchev–Trinajstić information content (AvgIpc) is 2.91. The van der Waals surface area contributed by atoms with Crippen molar-refractivity contribution in [3.8, 4) is 0 Å². The molecule has 0 fully saturated rings. The molecule has 0 heterocycles. The zero-order valence-electron chi connectivity index (χ0n) is 23.7. The minimum atomic E-state index is -4.14. The number of hydrogen-bond acceptors (Lipinski definition) is 4. The minimum Gasteiger partial charge on any atom is -0.352 e. The molecule has 0 aromatic heterocycles. The van der Waals surface area contributed by atoms with Crippen LogP contribution in [0.4, 0.5) is 5.69 Å². The highest BCUT2D eigenvalue weighted by molar-refractivity contribution is 7.92. The maximum atomic E-state index is 14.1. The molecule has 3 aromatic carbocycles. The summed E-state index contributed by atoms with van der Waals surface area (Å²) in [6.07, 6.45) is 1.10. The minimum absolute atomic E-state index is 0.0534. The lowest BCUT2D eigenvalue weighted by Crippen LogP contribution is -2.53. The summed E-state index contributed by atoms with van der Waals surface area (Å²) < 4.78 is 28.9. The van der Waals surface area contributed by atoms with Gasteiger partial charge >= 0.3 is 0 Å². The number of carbonyl (C=O) groups excluding carboxylic acids is 2. The Labute approximate surface area is 243 Å². The van der Waals surface area contributed by atoms with E-state index in [0.29, 0.717) is 11.4 Å². The van der Waals surface area contributed by atoms with Gasteiger partial charge in [-0.1, -0.05) is 79.0 Å². The fourth-order valence-corrected chi connectivity index (χ4v) is 5.96. The fourth-order valence-electron chi connectivity index (χ4n) is 4.37. The normalized spacial score (nSPS) is 12.8. The zero-order chi connectivity index (χ0) is 29.4. The van der Waals surface area contributed by atoms with Crippen molar-refractivity contribution < 1.29 is 18.0 Å². The molecule has 0 saturated heterocycles. The first-order valence-corrected chi connectivity index (χ1v) is 15.3. The van der Waals surface area contributed by atoms with E-state index in [9.17, 15) is 18.0 Å². The van der Waals surface area contributed by atoms with Gasteiger partial charge in [0.15, 0.2) is 0 Å². The molecule has 0 bridgehead atoms. The summed E-state index contributed by atoms with van der Waals surface area (Å²) >= 11 is 6.23. The molecular formula is C31H38ClN3O4S. The van der Waals surface area contributed by atoms with E-state index in [1.54, 1.807) is 30.3 Å². The fraction of sp³-hybridized carbons (Fsp3) is 0.355. The van der Waals surface area contributed by atoms with Gasteiger partial charge in [-0.05, 0) is 69.5 Å². The molecule has 1 N–H and O–H groups in total. The van der Waals surface area contributed by atoms with Gasteiger partial charge in [0.25, 0.3) is 10.0 Å². The average molecular weight is 584 g/mol. The van der Waals surface area contributed by atoms with Crippen LogP contribution in [0.5, 0.6) is 0 Å². The third kappa shape index (κ3) is 7.86. The molecule has 40 heavy (non-hydrogen) atoms. The molecule has 0 unspecified atom stereocenters. The maximum absolute atomic E-state index is 14.1. The second-order valence-corrected chi connectivity index (χ2v) is 12.4. The summed E-state index contributed by atoms with van der Waals surface area (Å²) in [4.78, 5) is 29.0. The van der Waals surface area contributed by atoms with Crippen LogP contribution in [0.25, 0.3) is 0 Å². The van der Waals surface area contributed by atoms with E-state index in [4.69, 9.17) is 11.6 Å². The predicted octanol–water partition coefficient (Wildman–Crippen LogP) is 5.87. The van der Waals surface area contributed by atoms with Crippen LogP contribution < -0.4 is 9.62 Å². The van der Waals surface area contributed by atoms with Crippen molar-refractivity contribution in [2.24, 2.45) is 0 Å². The Kier molecular flexibility index (Phi) is 10.8. The summed E-state index contributed by atoms with van der Waals surface area (Å²) in [5.74, 6) is -0.767. The van der Waals surface area contributed by atoms with Crippen LogP contribution in [0.3, 0.4) is 0 Å². The third-order valence-corrected chi connectivity index (χ3v) is 8.83. The number of benzene rings is 3. The second-order valence-electron chi connectivity index (χ2n) is 10.1.